The highest BCUT2D eigenvalue weighted by atomic mass is 35.5. The van der Waals surface area contributed by atoms with Crippen molar-refractivity contribution in [3.8, 4) is 0 Å². The smallest absolute Gasteiger partial charge is 0.135 e. The molecule has 4 nitrogen and oxygen atoms in total. The van der Waals surface area contributed by atoms with E-state index < -0.39 is 0 Å². The van der Waals surface area contributed by atoms with Gasteiger partial charge in [-0.3, -0.25) is 4.98 Å². The van der Waals surface area contributed by atoms with Gasteiger partial charge < -0.3 is 4.90 Å². The molecular formula is C14H17ClN4. The van der Waals surface area contributed by atoms with Crippen molar-refractivity contribution in [1.29, 1.82) is 0 Å². The lowest BCUT2D eigenvalue weighted by Gasteiger charge is -2.19. The highest BCUT2D eigenvalue weighted by molar-refractivity contribution is 6.29. The first-order valence-electron chi connectivity index (χ1n) is 6.22. The third kappa shape index (κ3) is 3.64. The highest BCUT2D eigenvalue weighted by Crippen LogP contribution is 2.20. The third-order valence-electron chi connectivity index (χ3n) is 2.73. The van der Waals surface area contributed by atoms with E-state index in [0.29, 0.717) is 11.7 Å². The van der Waals surface area contributed by atoms with Crippen LogP contribution in [-0.2, 0) is 6.54 Å². The lowest BCUT2D eigenvalue weighted by molar-refractivity contribution is 0.760. The van der Waals surface area contributed by atoms with Gasteiger partial charge in [0, 0.05) is 25.2 Å². The molecule has 2 aromatic heterocycles. The van der Waals surface area contributed by atoms with E-state index in [1.807, 2.05) is 44.0 Å². The second kappa shape index (κ2) is 5.97. The van der Waals surface area contributed by atoms with Crippen molar-refractivity contribution >= 4 is 17.4 Å². The number of nitrogens with zero attached hydrogens (tertiary/aromatic N) is 4. The molecule has 0 aromatic carbocycles. The van der Waals surface area contributed by atoms with E-state index in [-0.39, 0.29) is 5.92 Å². The number of hydrogen-bond donors (Lipinski definition) is 0. The van der Waals surface area contributed by atoms with Gasteiger partial charge in [0.05, 0.1) is 12.2 Å². The maximum Gasteiger partial charge on any atom is 0.135 e. The normalized spacial score (nSPS) is 10.8. The van der Waals surface area contributed by atoms with Crippen molar-refractivity contribution in [2.24, 2.45) is 0 Å². The average molecular weight is 277 g/mol. The summed E-state index contributed by atoms with van der Waals surface area (Å²) in [5.74, 6) is 1.82. The number of pyridine rings is 1. The van der Waals surface area contributed by atoms with E-state index in [1.54, 1.807) is 12.3 Å². The van der Waals surface area contributed by atoms with E-state index in [9.17, 15) is 0 Å². The van der Waals surface area contributed by atoms with Crippen LogP contribution in [0.15, 0.2) is 30.5 Å². The minimum Gasteiger partial charge on any atom is -0.354 e. The van der Waals surface area contributed by atoms with E-state index in [2.05, 4.69) is 15.0 Å². The SMILES string of the molecule is CC(C)c1nc(Cl)cc(N(C)Cc2ccccn2)n1. The molecule has 5 heteroatoms. The Hall–Kier alpha value is -1.68. The maximum atomic E-state index is 6.05. The molecule has 0 unspecified atom stereocenters. The molecule has 0 bridgehead atoms. The van der Waals surface area contributed by atoms with Crippen LogP contribution < -0.4 is 4.90 Å². The molecule has 0 saturated carbocycles. The summed E-state index contributed by atoms with van der Waals surface area (Å²) in [5.41, 5.74) is 0.992. The number of anilines is 1. The minimum atomic E-state index is 0.251. The Morgan fingerprint density at radius 3 is 2.68 bits per heavy atom. The number of rotatable bonds is 4. The standard InChI is InChI=1S/C14H17ClN4/c1-10(2)14-17-12(15)8-13(18-14)19(3)9-11-6-4-5-7-16-11/h4-8,10H,9H2,1-3H3. The summed E-state index contributed by atoms with van der Waals surface area (Å²) < 4.78 is 0. The van der Waals surface area contributed by atoms with Gasteiger partial charge in [-0.2, -0.15) is 0 Å². The van der Waals surface area contributed by atoms with Crippen LogP contribution in [0.3, 0.4) is 0 Å². The molecule has 2 rings (SSSR count). The Bertz CT molecular complexity index is 542. The van der Waals surface area contributed by atoms with E-state index in [1.165, 1.54) is 0 Å². The predicted octanol–water partition coefficient (Wildman–Crippen LogP) is 3.28. The largest absolute Gasteiger partial charge is 0.354 e. The molecule has 19 heavy (non-hydrogen) atoms. The molecule has 0 fully saturated rings. The van der Waals surface area contributed by atoms with Crippen LogP contribution in [0.4, 0.5) is 5.82 Å². The molecule has 2 heterocycles. The Morgan fingerprint density at radius 1 is 1.26 bits per heavy atom. The molecule has 0 amide bonds. The third-order valence-corrected chi connectivity index (χ3v) is 2.93. The van der Waals surface area contributed by atoms with Crippen LogP contribution in [0.25, 0.3) is 0 Å². The number of hydrogen-bond acceptors (Lipinski definition) is 4. The maximum absolute atomic E-state index is 6.05. The van der Waals surface area contributed by atoms with Crippen LogP contribution in [0.5, 0.6) is 0 Å². The van der Waals surface area contributed by atoms with Crippen LogP contribution in [-0.4, -0.2) is 22.0 Å². The zero-order chi connectivity index (χ0) is 13.8. The second-order valence-electron chi connectivity index (χ2n) is 4.74. The molecule has 0 aliphatic carbocycles. The van der Waals surface area contributed by atoms with Crippen molar-refractivity contribution in [3.05, 3.63) is 47.1 Å². The summed E-state index contributed by atoms with van der Waals surface area (Å²) >= 11 is 6.05. The van der Waals surface area contributed by atoms with E-state index in [0.717, 1.165) is 17.3 Å². The van der Waals surface area contributed by atoms with Crippen molar-refractivity contribution in [1.82, 2.24) is 15.0 Å². The van der Waals surface area contributed by atoms with Crippen LogP contribution in [0.2, 0.25) is 5.15 Å². The van der Waals surface area contributed by atoms with Crippen molar-refractivity contribution in [3.63, 3.8) is 0 Å². The quantitative estimate of drug-likeness (QED) is 0.804. The summed E-state index contributed by atoms with van der Waals surface area (Å²) in [7, 11) is 1.97. The summed E-state index contributed by atoms with van der Waals surface area (Å²) in [6, 6.07) is 7.64. The fourth-order valence-corrected chi connectivity index (χ4v) is 1.88. The zero-order valence-electron chi connectivity index (χ0n) is 11.3. The van der Waals surface area contributed by atoms with Gasteiger partial charge in [-0.1, -0.05) is 31.5 Å². The summed E-state index contributed by atoms with van der Waals surface area (Å²) in [6.07, 6.45) is 1.79. The van der Waals surface area contributed by atoms with Crippen LogP contribution in [0.1, 0.15) is 31.3 Å². The fraction of sp³-hybridized carbons (Fsp3) is 0.357. The van der Waals surface area contributed by atoms with Gasteiger partial charge in [0.1, 0.15) is 16.8 Å². The first-order valence-corrected chi connectivity index (χ1v) is 6.59. The highest BCUT2D eigenvalue weighted by Gasteiger charge is 2.10. The number of aromatic nitrogens is 3. The van der Waals surface area contributed by atoms with Crippen molar-refractivity contribution < 1.29 is 0 Å². The molecule has 0 aliphatic rings. The number of halogens is 1. The van der Waals surface area contributed by atoms with Crippen LogP contribution in [0, 0.1) is 0 Å². The van der Waals surface area contributed by atoms with Crippen molar-refractivity contribution in [2.45, 2.75) is 26.3 Å². The molecular weight excluding hydrogens is 260 g/mol. The fourth-order valence-electron chi connectivity index (χ4n) is 1.69. The van der Waals surface area contributed by atoms with Gasteiger partial charge in [0.15, 0.2) is 0 Å². The lowest BCUT2D eigenvalue weighted by atomic mass is 10.2. The van der Waals surface area contributed by atoms with Gasteiger partial charge >= 0.3 is 0 Å². The van der Waals surface area contributed by atoms with Gasteiger partial charge in [0.2, 0.25) is 0 Å². The average Bonchev–Trinajstić information content (AvgIpc) is 2.39. The predicted molar refractivity (Wildman–Crippen MR) is 77.5 cm³/mol. The molecule has 0 radical (unpaired) electrons. The zero-order valence-corrected chi connectivity index (χ0v) is 12.1. The van der Waals surface area contributed by atoms with E-state index in [4.69, 9.17) is 11.6 Å². The summed E-state index contributed by atoms with van der Waals surface area (Å²) in [6.45, 7) is 4.79. The first kappa shape index (κ1) is 13.7. The van der Waals surface area contributed by atoms with Gasteiger partial charge in [-0.05, 0) is 12.1 Å². The van der Waals surface area contributed by atoms with Crippen LogP contribution >= 0.6 is 11.6 Å². The summed E-state index contributed by atoms with van der Waals surface area (Å²) in [5, 5.41) is 0.474. The van der Waals surface area contributed by atoms with E-state index >= 15 is 0 Å². The topological polar surface area (TPSA) is 41.9 Å². The molecule has 0 spiro atoms. The molecule has 0 aliphatic heterocycles. The Kier molecular flexibility index (Phi) is 4.32. The first-order chi connectivity index (χ1) is 9.06. The molecule has 0 N–H and O–H groups in total. The second-order valence-corrected chi connectivity index (χ2v) is 5.13. The molecule has 0 saturated heterocycles. The Balaban J connectivity index is 2.21. The minimum absolute atomic E-state index is 0.251. The van der Waals surface area contributed by atoms with Gasteiger partial charge in [-0.25, -0.2) is 9.97 Å². The Labute approximate surface area is 118 Å². The van der Waals surface area contributed by atoms with Gasteiger partial charge in [-0.15, -0.1) is 0 Å². The van der Waals surface area contributed by atoms with Crippen molar-refractivity contribution in [2.75, 3.05) is 11.9 Å². The molecule has 2 aromatic rings. The monoisotopic (exact) mass is 276 g/mol. The molecule has 100 valence electrons. The Morgan fingerprint density at radius 2 is 2.05 bits per heavy atom. The van der Waals surface area contributed by atoms with Gasteiger partial charge in [0.25, 0.3) is 0 Å². The summed E-state index contributed by atoms with van der Waals surface area (Å²) in [4.78, 5) is 15.1. The lowest BCUT2D eigenvalue weighted by Crippen LogP contribution is -2.19. The molecule has 0 atom stereocenters.